The van der Waals surface area contributed by atoms with Crippen LogP contribution in [0.4, 0.5) is 5.69 Å². The Kier molecular flexibility index (Phi) is 5.16. The number of carbonyl (C=O) groups excluding carboxylic acids is 1. The first-order valence-corrected chi connectivity index (χ1v) is 6.83. The van der Waals surface area contributed by atoms with E-state index in [0.29, 0.717) is 6.42 Å². The van der Waals surface area contributed by atoms with Crippen LogP contribution in [0.2, 0.25) is 0 Å². The summed E-state index contributed by atoms with van der Waals surface area (Å²) < 4.78 is 5.10. The number of allylic oxidation sites excluding steroid dienone is 1. The Morgan fingerprint density at radius 1 is 1.10 bits per heavy atom. The van der Waals surface area contributed by atoms with E-state index in [4.69, 9.17) is 4.74 Å². The summed E-state index contributed by atoms with van der Waals surface area (Å²) in [5.41, 5.74) is 3.04. The molecule has 0 atom stereocenters. The molecule has 0 saturated heterocycles. The molecule has 0 bridgehead atoms. The molecule has 3 nitrogen and oxygen atoms in total. The summed E-state index contributed by atoms with van der Waals surface area (Å²) in [7, 11) is 3.51. The molecule has 21 heavy (non-hydrogen) atoms. The molecular weight excluding hydrogens is 262 g/mol. The third kappa shape index (κ3) is 4.49. The fourth-order valence-electron chi connectivity index (χ4n) is 1.95. The monoisotopic (exact) mass is 281 g/mol. The van der Waals surface area contributed by atoms with Crippen molar-refractivity contribution in [3.63, 3.8) is 0 Å². The van der Waals surface area contributed by atoms with E-state index in [-0.39, 0.29) is 5.78 Å². The maximum Gasteiger partial charge on any atom is 0.160 e. The maximum atomic E-state index is 11.9. The molecule has 2 aromatic rings. The van der Waals surface area contributed by atoms with Crippen LogP contribution in [0, 0.1) is 0 Å². The molecule has 0 aliphatic rings. The van der Waals surface area contributed by atoms with Crippen molar-refractivity contribution in [2.75, 3.05) is 19.5 Å². The zero-order valence-electron chi connectivity index (χ0n) is 12.3. The first kappa shape index (κ1) is 14.9. The van der Waals surface area contributed by atoms with Crippen molar-refractivity contribution in [1.29, 1.82) is 0 Å². The Balaban J connectivity index is 1.94. The molecule has 1 N–H and O–H groups in total. The lowest BCUT2D eigenvalue weighted by Crippen LogP contribution is -1.98. The van der Waals surface area contributed by atoms with Crippen LogP contribution in [-0.2, 0) is 11.2 Å². The summed E-state index contributed by atoms with van der Waals surface area (Å²) in [6, 6.07) is 15.5. The van der Waals surface area contributed by atoms with E-state index in [9.17, 15) is 4.79 Å². The molecule has 0 unspecified atom stereocenters. The smallest absolute Gasteiger partial charge is 0.160 e. The first-order valence-electron chi connectivity index (χ1n) is 6.83. The highest BCUT2D eigenvalue weighted by Crippen LogP contribution is 2.13. The average molecular weight is 281 g/mol. The molecule has 0 amide bonds. The van der Waals surface area contributed by atoms with Crippen LogP contribution in [0.1, 0.15) is 11.1 Å². The van der Waals surface area contributed by atoms with Crippen LogP contribution in [0.5, 0.6) is 5.75 Å². The molecule has 0 radical (unpaired) electrons. The Hall–Kier alpha value is -2.55. The molecule has 108 valence electrons. The molecular formula is C18H19NO2. The number of nitrogens with one attached hydrogen (secondary N) is 1. The SMILES string of the molecule is CNc1ccc(CC(=O)/C=C/c2ccc(OC)cc2)cc1. The highest BCUT2D eigenvalue weighted by Gasteiger charge is 2.00. The van der Waals surface area contributed by atoms with Gasteiger partial charge in [-0.25, -0.2) is 0 Å². The Bertz CT molecular complexity index is 613. The topological polar surface area (TPSA) is 38.3 Å². The molecule has 3 heteroatoms. The zero-order chi connectivity index (χ0) is 15.1. The third-order valence-corrected chi connectivity index (χ3v) is 3.20. The van der Waals surface area contributed by atoms with Gasteiger partial charge in [-0.15, -0.1) is 0 Å². The molecule has 2 aromatic carbocycles. The Labute approximate surface area is 125 Å². The summed E-state index contributed by atoms with van der Waals surface area (Å²) in [5, 5.41) is 3.05. The van der Waals surface area contributed by atoms with Crippen LogP contribution >= 0.6 is 0 Å². The highest BCUT2D eigenvalue weighted by atomic mass is 16.5. The Morgan fingerprint density at radius 3 is 2.33 bits per heavy atom. The highest BCUT2D eigenvalue weighted by molar-refractivity contribution is 5.95. The van der Waals surface area contributed by atoms with Gasteiger partial charge in [0.2, 0.25) is 0 Å². The summed E-state index contributed by atoms with van der Waals surface area (Å²) in [6.45, 7) is 0. The predicted octanol–water partition coefficient (Wildman–Crippen LogP) is 3.56. The van der Waals surface area contributed by atoms with Crippen LogP contribution < -0.4 is 10.1 Å². The number of carbonyl (C=O) groups is 1. The number of methoxy groups -OCH3 is 1. The molecule has 0 saturated carbocycles. The second-order valence-electron chi connectivity index (χ2n) is 4.70. The zero-order valence-corrected chi connectivity index (χ0v) is 12.3. The largest absolute Gasteiger partial charge is 0.497 e. The minimum atomic E-state index is 0.0861. The second kappa shape index (κ2) is 7.29. The van der Waals surface area contributed by atoms with Crippen molar-refractivity contribution in [2.24, 2.45) is 0 Å². The Morgan fingerprint density at radius 2 is 1.76 bits per heavy atom. The number of hydrogen-bond donors (Lipinski definition) is 1. The van der Waals surface area contributed by atoms with Gasteiger partial charge in [0.25, 0.3) is 0 Å². The number of anilines is 1. The number of ketones is 1. The molecule has 0 fully saturated rings. The van der Waals surface area contributed by atoms with Crippen LogP contribution in [-0.4, -0.2) is 19.9 Å². The van der Waals surface area contributed by atoms with E-state index in [1.807, 2.05) is 61.7 Å². The standard InChI is InChI=1S/C18H19NO2/c1-19-16-8-3-15(4-9-16)13-17(20)10-5-14-6-11-18(21-2)12-7-14/h3-12,19H,13H2,1-2H3/b10-5+. The molecule has 0 spiro atoms. The van der Waals surface area contributed by atoms with Crippen molar-refractivity contribution < 1.29 is 9.53 Å². The van der Waals surface area contributed by atoms with Gasteiger partial charge in [-0.05, 0) is 41.5 Å². The summed E-state index contributed by atoms with van der Waals surface area (Å²) >= 11 is 0. The van der Waals surface area contributed by atoms with Crippen molar-refractivity contribution in [3.8, 4) is 5.75 Å². The van der Waals surface area contributed by atoms with E-state index in [1.165, 1.54) is 0 Å². The van der Waals surface area contributed by atoms with Gasteiger partial charge in [0.05, 0.1) is 7.11 Å². The van der Waals surface area contributed by atoms with Crippen molar-refractivity contribution in [3.05, 3.63) is 65.7 Å². The lowest BCUT2D eigenvalue weighted by molar-refractivity contribution is -0.113. The van der Waals surface area contributed by atoms with Gasteiger partial charge in [0.1, 0.15) is 5.75 Å². The summed E-state index contributed by atoms with van der Waals surface area (Å²) in [6.07, 6.45) is 3.86. The van der Waals surface area contributed by atoms with Gasteiger partial charge in [0, 0.05) is 19.2 Å². The van der Waals surface area contributed by atoms with E-state index in [0.717, 1.165) is 22.6 Å². The number of hydrogen-bond acceptors (Lipinski definition) is 3. The summed E-state index contributed by atoms with van der Waals surface area (Å²) in [5.74, 6) is 0.895. The van der Waals surface area contributed by atoms with Gasteiger partial charge in [-0.3, -0.25) is 4.79 Å². The van der Waals surface area contributed by atoms with Gasteiger partial charge in [0.15, 0.2) is 5.78 Å². The van der Waals surface area contributed by atoms with Crippen molar-refractivity contribution in [2.45, 2.75) is 6.42 Å². The third-order valence-electron chi connectivity index (χ3n) is 3.20. The van der Waals surface area contributed by atoms with Crippen LogP contribution in [0.3, 0.4) is 0 Å². The van der Waals surface area contributed by atoms with E-state index in [1.54, 1.807) is 13.2 Å². The summed E-state index contributed by atoms with van der Waals surface area (Å²) in [4.78, 5) is 11.9. The van der Waals surface area contributed by atoms with E-state index >= 15 is 0 Å². The maximum absolute atomic E-state index is 11.9. The molecule has 2 rings (SSSR count). The molecule has 0 aliphatic carbocycles. The van der Waals surface area contributed by atoms with Crippen LogP contribution in [0.25, 0.3) is 6.08 Å². The lowest BCUT2D eigenvalue weighted by Gasteiger charge is -2.02. The minimum Gasteiger partial charge on any atom is -0.497 e. The number of ether oxygens (including phenoxy) is 1. The normalized spacial score (nSPS) is 10.6. The number of rotatable bonds is 6. The predicted molar refractivity (Wildman–Crippen MR) is 86.7 cm³/mol. The van der Waals surface area contributed by atoms with Gasteiger partial charge in [-0.1, -0.05) is 30.3 Å². The molecule has 0 heterocycles. The average Bonchev–Trinajstić information content (AvgIpc) is 2.54. The quantitative estimate of drug-likeness (QED) is 0.823. The van der Waals surface area contributed by atoms with E-state index < -0.39 is 0 Å². The molecule has 0 aliphatic heterocycles. The second-order valence-corrected chi connectivity index (χ2v) is 4.70. The van der Waals surface area contributed by atoms with Gasteiger partial charge in [-0.2, -0.15) is 0 Å². The number of benzene rings is 2. The van der Waals surface area contributed by atoms with Crippen LogP contribution in [0.15, 0.2) is 54.6 Å². The van der Waals surface area contributed by atoms with Crippen molar-refractivity contribution >= 4 is 17.5 Å². The first-order chi connectivity index (χ1) is 10.2. The lowest BCUT2D eigenvalue weighted by atomic mass is 10.1. The molecule has 0 aromatic heterocycles. The van der Waals surface area contributed by atoms with E-state index in [2.05, 4.69) is 5.32 Å². The fraction of sp³-hybridized carbons (Fsp3) is 0.167. The minimum absolute atomic E-state index is 0.0861. The van der Waals surface area contributed by atoms with Crippen molar-refractivity contribution in [1.82, 2.24) is 0 Å². The van der Waals surface area contributed by atoms with Gasteiger partial charge < -0.3 is 10.1 Å². The van der Waals surface area contributed by atoms with Gasteiger partial charge >= 0.3 is 0 Å². The fourth-order valence-corrected chi connectivity index (χ4v) is 1.95.